The van der Waals surface area contributed by atoms with Crippen molar-refractivity contribution in [3.8, 4) is 0 Å². The molecule has 3 nitrogen and oxygen atoms in total. The summed E-state index contributed by atoms with van der Waals surface area (Å²) in [5, 5.41) is 0. The van der Waals surface area contributed by atoms with Crippen molar-refractivity contribution in [3.63, 3.8) is 0 Å². The lowest BCUT2D eigenvalue weighted by Crippen LogP contribution is -2.33. The first-order chi connectivity index (χ1) is 9.66. The zero-order valence-corrected chi connectivity index (χ0v) is 13.6. The van der Waals surface area contributed by atoms with E-state index in [2.05, 4.69) is 15.9 Å². The summed E-state index contributed by atoms with van der Waals surface area (Å²) >= 11 is 7.58. The highest BCUT2D eigenvalue weighted by atomic mass is 79.9. The fourth-order valence-corrected chi connectivity index (χ4v) is 2.27. The summed E-state index contributed by atoms with van der Waals surface area (Å²) in [5.74, 6) is -0.480. The quantitative estimate of drug-likeness (QED) is 0.791. The number of hydrogen-bond donors (Lipinski definition) is 1. The van der Waals surface area contributed by atoms with Crippen LogP contribution < -0.4 is 5.73 Å². The van der Waals surface area contributed by atoms with Crippen LogP contribution in [0, 0.1) is 0 Å². The Hall–Kier alpha value is -1.15. The normalized spacial score (nSPS) is 11.3. The molecule has 116 valence electrons. The van der Waals surface area contributed by atoms with Crippen molar-refractivity contribution in [2.24, 2.45) is 5.73 Å². The molecule has 0 aromatic heterocycles. The van der Waals surface area contributed by atoms with Gasteiger partial charge in [0.15, 0.2) is 0 Å². The maximum absolute atomic E-state index is 12.8. The molecule has 0 fully saturated rings. The van der Waals surface area contributed by atoms with E-state index in [-0.39, 0.29) is 21.6 Å². The number of carbonyl (C=O) groups is 1. The van der Waals surface area contributed by atoms with E-state index in [0.29, 0.717) is 13.0 Å². The first-order valence-corrected chi connectivity index (χ1v) is 7.31. The Morgan fingerprint density at radius 2 is 2.05 bits per heavy atom. The van der Waals surface area contributed by atoms with Crippen LogP contribution in [0.15, 0.2) is 22.7 Å². The van der Waals surface area contributed by atoms with E-state index >= 15 is 0 Å². The predicted octanol–water partition coefficient (Wildman–Crippen LogP) is 3.61. The van der Waals surface area contributed by atoms with Gasteiger partial charge in [-0.3, -0.25) is 4.79 Å². The first kappa shape index (κ1) is 17.9. The summed E-state index contributed by atoms with van der Waals surface area (Å²) in [7, 11) is 0. The van der Waals surface area contributed by atoms with Crippen LogP contribution in [-0.4, -0.2) is 28.9 Å². The van der Waals surface area contributed by atoms with Gasteiger partial charge in [-0.25, -0.2) is 0 Å². The molecular formula is C13H14BrF3N2OS. The fraction of sp³-hybridized carbons (Fsp3) is 0.385. The molecule has 1 aromatic carbocycles. The molecule has 2 N–H and O–H groups in total. The smallest absolute Gasteiger partial charge is 0.393 e. The van der Waals surface area contributed by atoms with E-state index in [4.69, 9.17) is 18.0 Å². The molecule has 0 radical (unpaired) electrons. The number of rotatable bonds is 5. The SMILES string of the molecule is CCN(CCC(N)=S)C(=O)c1ccc(Br)c(C(F)(F)F)c1. The number of carbonyl (C=O) groups excluding carboxylic acids is 1. The van der Waals surface area contributed by atoms with Gasteiger partial charge < -0.3 is 10.6 Å². The van der Waals surface area contributed by atoms with Gasteiger partial charge in [0.2, 0.25) is 0 Å². The second-order valence-corrected chi connectivity index (χ2v) is 5.67. The van der Waals surface area contributed by atoms with Gasteiger partial charge in [0.05, 0.1) is 10.6 Å². The van der Waals surface area contributed by atoms with E-state index in [1.54, 1.807) is 6.92 Å². The third-order valence-electron chi connectivity index (χ3n) is 2.82. The van der Waals surface area contributed by atoms with Crippen molar-refractivity contribution >= 4 is 39.0 Å². The van der Waals surface area contributed by atoms with Crippen LogP contribution in [-0.2, 0) is 6.18 Å². The van der Waals surface area contributed by atoms with Gasteiger partial charge in [-0.05, 0) is 25.1 Å². The molecule has 1 aromatic rings. The van der Waals surface area contributed by atoms with Gasteiger partial charge in [-0.1, -0.05) is 28.1 Å². The Labute approximate surface area is 134 Å². The van der Waals surface area contributed by atoms with E-state index in [0.717, 1.165) is 6.07 Å². The molecule has 0 aliphatic carbocycles. The minimum Gasteiger partial charge on any atom is -0.393 e. The number of alkyl halides is 3. The standard InChI is InChI=1S/C13H14BrF3N2OS/c1-2-19(6-5-11(18)21)12(20)8-3-4-10(14)9(7-8)13(15,16)17/h3-4,7H,2,5-6H2,1H3,(H2,18,21). The molecule has 0 unspecified atom stereocenters. The molecule has 0 spiro atoms. The van der Waals surface area contributed by atoms with Gasteiger partial charge in [0.25, 0.3) is 5.91 Å². The van der Waals surface area contributed by atoms with Crippen LogP contribution in [0.5, 0.6) is 0 Å². The molecule has 0 aliphatic rings. The number of halogens is 4. The van der Waals surface area contributed by atoms with Crippen LogP contribution in [0.4, 0.5) is 13.2 Å². The minimum atomic E-state index is -4.52. The second kappa shape index (κ2) is 7.22. The minimum absolute atomic E-state index is 0.0182. The van der Waals surface area contributed by atoms with Crippen molar-refractivity contribution in [2.45, 2.75) is 19.5 Å². The average molecular weight is 383 g/mol. The highest BCUT2D eigenvalue weighted by Gasteiger charge is 2.33. The molecule has 8 heteroatoms. The van der Waals surface area contributed by atoms with Crippen LogP contribution in [0.3, 0.4) is 0 Å². The van der Waals surface area contributed by atoms with Crippen LogP contribution in [0.25, 0.3) is 0 Å². The number of amides is 1. The Kier molecular flexibility index (Phi) is 6.15. The molecule has 0 bridgehead atoms. The maximum atomic E-state index is 12.8. The third-order valence-corrected chi connectivity index (χ3v) is 3.71. The molecule has 21 heavy (non-hydrogen) atoms. The summed E-state index contributed by atoms with van der Waals surface area (Å²) in [6.07, 6.45) is -4.19. The molecule has 0 saturated carbocycles. The number of nitrogens with zero attached hydrogens (tertiary/aromatic N) is 1. The zero-order valence-electron chi connectivity index (χ0n) is 11.2. The molecule has 1 amide bonds. The predicted molar refractivity (Wildman–Crippen MR) is 82.1 cm³/mol. The number of hydrogen-bond acceptors (Lipinski definition) is 2. The summed E-state index contributed by atoms with van der Waals surface area (Å²) < 4.78 is 38.4. The van der Waals surface area contributed by atoms with Crippen molar-refractivity contribution in [1.82, 2.24) is 4.90 Å². The summed E-state index contributed by atoms with van der Waals surface area (Å²) in [5.41, 5.74) is 4.48. The van der Waals surface area contributed by atoms with Gasteiger partial charge in [0.1, 0.15) is 0 Å². The van der Waals surface area contributed by atoms with E-state index in [1.165, 1.54) is 17.0 Å². The molecule has 0 aliphatic heterocycles. The molecule has 0 saturated heterocycles. The monoisotopic (exact) mass is 382 g/mol. The van der Waals surface area contributed by atoms with Crippen molar-refractivity contribution < 1.29 is 18.0 Å². The largest absolute Gasteiger partial charge is 0.417 e. The number of thiocarbonyl (C=S) groups is 1. The van der Waals surface area contributed by atoms with Crippen LogP contribution in [0.1, 0.15) is 29.3 Å². The third kappa shape index (κ3) is 4.96. The summed E-state index contributed by atoms with van der Waals surface area (Å²) in [6, 6.07) is 3.42. The van der Waals surface area contributed by atoms with Crippen molar-refractivity contribution in [1.29, 1.82) is 0 Å². The van der Waals surface area contributed by atoms with E-state index in [1.807, 2.05) is 0 Å². The van der Waals surface area contributed by atoms with E-state index < -0.39 is 17.6 Å². The Morgan fingerprint density at radius 1 is 1.43 bits per heavy atom. The van der Waals surface area contributed by atoms with Crippen molar-refractivity contribution in [3.05, 3.63) is 33.8 Å². The number of nitrogens with two attached hydrogens (primary N) is 1. The topological polar surface area (TPSA) is 46.3 Å². The highest BCUT2D eigenvalue weighted by molar-refractivity contribution is 9.10. The first-order valence-electron chi connectivity index (χ1n) is 6.11. The summed E-state index contributed by atoms with van der Waals surface area (Å²) in [6.45, 7) is 2.38. The van der Waals surface area contributed by atoms with Crippen LogP contribution >= 0.6 is 28.1 Å². The van der Waals surface area contributed by atoms with Gasteiger partial charge in [0, 0.05) is 29.5 Å². The lowest BCUT2D eigenvalue weighted by Gasteiger charge is -2.21. The molecule has 1 rings (SSSR count). The lowest BCUT2D eigenvalue weighted by atomic mass is 10.1. The molecule has 0 atom stereocenters. The van der Waals surface area contributed by atoms with E-state index in [9.17, 15) is 18.0 Å². The lowest BCUT2D eigenvalue weighted by molar-refractivity contribution is -0.138. The second-order valence-electron chi connectivity index (χ2n) is 4.29. The van der Waals surface area contributed by atoms with Crippen LogP contribution in [0.2, 0.25) is 0 Å². The summed E-state index contributed by atoms with van der Waals surface area (Å²) in [4.78, 5) is 13.9. The average Bonchev–Trinajstić information content (AvgIpc) is 2.38. The Balaban J connectivity index is 3.03. The molecular weight excluding hydrogens is 369 g/mol. The Bertz CT molecular complexity index is 549. The number of benzene rings is 1. The van der Waals surface area contributed by atoms with Gasteiger partial charge in [-0.2, -0.15) is 13.2 Å². The van der Waals surface area contributed by atoms with Gasteiger partial charge >= 0.3 is 6.18 Å². The Morgan fingerprint density at radius 3 is 2.52 bits per heavy atom. The molecule has 0 heterocycles. The van der Waals surface area contributed by atoms with Crippen molar-refractivity contribution in [2.75, 3.05) is 13.1 Å². The fourth-order valence-electron chi connectivity index (χ4n) is 1.71. The highest BCUT2D eigenvalue weighted by Crippen LogP contribution is 2.35. The maximum Gasteiger partial charge on any atom is 0.417 e. The van der Waals surface area contributed by atoms with Gasteiger partial charge in [-0.15, -0.1) is 0 Å². The zero-order chi connectivity index (χ0) is 16.2.